The number of anilines is 1. The molecule has 1 fully saturated rings. The summed E-state index contributed by atoms with van der Waals surface area (Å²) < 4.78 is 16.0. The van der Waals surface area contributed by atoms with Gasteiger partial charge in [-0.05, 0) is 40.9 Å². The van der Waals surface area contributed by atoms with Crippen molar-refractivity contribution in [2.75, 3.05) is 5.32 Å². The predicted octanol–water partition coefficient (Wildman–Crippen LogP) is 3.75. The quantitative estimate of drug-likeness (QED) is 0.688. The largest absolute Gasteiger partial charge is 0.304 e. The van der Waals surface area contributed by atoms with Gasteiger partial charge in [-0.1, -0.05) is 18.2 Å². The lowest BCUT2D eigenvalue weighted by atomic mass is 10.2. The van der Waals surface area contributed by atoms with Gasteiger partial charge in [0.2, 0.25) is 0 Å². The van der Waals surface area contributed by atoms with E-state index in [0.29, 0.717) is 27.3 Å². The van der Waals surface area contributed by atoms with Crippen LogP contribution < -0.4 is 5.32 Å². The Kier molecular flexibility index (Phi) is 4.50. The molecule has 0 spiro atoms. The maximum atomic E-state index is 13.8. The fraction of sp³-hybridized carbons (Fsp3) is 0.222. The zero-order chi connectivity index (χ0) is 18.1. The number of aromatic nitrogens is 4. The van der Waals surface area contributed by atoms with Gasteiger partial charge in [0.15, 0.2) is 5.82 Å². The molecule has 132 valence electrons. The number of carbonyl (C=O) groups excluding carboxylic acids is 1. The van der Waals surface area contributed by atoms with Crippen molar-refractivity contribution in [2.45, 2.75) is 25.3 Å². The SMILES string of the molecule is O=C(Nc1nn(Cc2ccccc2F)cc1Br)c1cnnc(C2CC2)c1. The van der Waals surface area contributed by atoms with Crippen LogP contribution in [0.15, 0.2) is 47.2 Å². The zero-order valence-electron chi connectivity index (χ0n) is 13.7. The second-order valence-corrected chi connectivity index (χ2v) is 7.07. The molecule has 0 radical (unpaired) electrons. The van der Waals surface area contributed by atoms with E-state index < -0.39 is 0 Å². The van der Waals surface area contributed by atoms with E-state index >= 15 is 0 Å². The van der Waals surface area contributed by atoms with Crippen molar-refractivity contribution in [3.05, 3.63) is 69.8 Å². The number of amides is 1. The number of hydrogen-bond donors (Lipinski definition) is 1. The van der Waals surface area contributed by atoms with Crippen LogP contribution in [0.4, 0.5) is 10.2 Å². The van der Waals surface area contributed by atoms with Crippen LogP contribution >= 0.6 is 15.9 Å². The van der Waals surface area contributed by atoms with E-state index in [4.69, 9.17) is 0 Å². The molecule has 0 bridgehead atoms. The molecule has 4 rings (SSSR count). The van der Waals surface area contributed by atoms with Gasteiger partial charge >= 0.3 is 0 Å². The molecule has 0 unspecified atom stereocenters. The standard InChI is InChI=1S/C18H15BrFN5O/c19-14-10-25(9-12-3-1-2-4-15(12)20)24-17(14)22-18(26)13-7-16(11-5-6-11)23-21-8-13/h1-4,7-8,10-11H,5-6,9H2,(H,22,24,26). The van der Waals surface area contributed by atoms with Crippen LogP contribution in [-0.4, -0.2) is 25.9 Å². The van der Waals surface area contributed by atoms with Crippen LogP contribution in [0.1, 0.15) is 40.4 Å². The lowest BCUT2D eigenvalue weighted by Gasteiger charge is -2.04. The number of rotatable bonds is 5. The van der Waals surface area contributed by atoms with E-state index in [-0.39, 0.29) is 18.3 Å². The Hall–Kier alpha value is -2.61. The molecule has 2 heterocycles. The normalized spacial score (nSPS) is 13.6. The lowest BCUT2D eigenvalue weighted by molar-refractivity contribution is 0.102. The third kappa shape index (κ3) is 3.65. The summed E-state index contributed by atoms with van der Waals surface area (Å²) >= 11 is 3.38. The summed E-state index contributed by atoms with van der Waals surface area (Å²) in [5, 5.41) is 15.1. The van der Waals surface area contributed by atoms with Crippen LogP contribution in [0.2, 0.25) is 0 Å². The molecule has 26 heavy (non-hydrogen) atoms. The summed E-state index contributed by atoms with van der Waals surface area (Å²) in [6.45, 7) is 0.268. The number of nitrogens with zero attached hydrogens (tertiary/aromatic N) is 4. The fourth-order valence-corrected chi connectivity index (χ4v) is 3.04. The Morgan fingerprint density at radius 3 is 2.92 bits per heavy atom. The third-order valence-electron chi connectivity index (χ3n) is 4.17. The molecule has 0 saturated heterocycles. The fourth-order valence-electron chi connectivity index (χ4n) is 2.63. The van der Waals surface area contributed by atoms with Gasteiger partial charge in [-0.3, -0.25) is 9.48 Å². The average Bonchev–Trinajstić information content (AvgIpc) is 3.43. The molecule has 0 atom stereocenters. The second-order valence-electron chi connectivity index (χ2n) is 6.21. The molecule has 1 aliphatic carbocycles. The molecular weight excluding hydrogens is 401 g/mol. The summed E-state index contributed by atoms with van der Waals surface area (Å²) in [6.07, 6.45) is 5.31. The van der Waals surface area contributed by atoms with Crippen LogP contribution in [0.5, 0.6) is 0 Å². The molecule has 1 aliphatic rings. The van der Waals surface area contributed by atoms with Crippen molar-refractivity contribution in [3.63, 3.8) is 0 Å². The van der Waals surface area contributed by atoms with E-state index in [1.54, 1.807) is 35.1 Å². The molecule has 2 aromatic heterocycles. The highest BCUT2D eigenvalue weighted by Gasteiger charge is 2.26. The van der Waals surface area contributed by atoms with Gasteiger partial charge in [0.25, 0.3) is 5.91 Å². The summed E-state index contributed by atoms with van der Waals surface area (Å²) in [7, 11) is 0. The van der Waals surface area contributed by atoms with Gasteiger partial charge < -0.3 is 5.32 Å². The first-order valence-electron chi connectivity index (χ1n) is 8.20. The summed E-state index contributed by atoms with van der Waals surface area (Å²) in [6, 6.07) is 8.29. The van der Waals surface area contributed by atoms with E-state index in [0.717, 1.165) is 18.5 Å². The highest BCUT2D eigenvalue weighted by molar-refractivity contribution is 9.10. The Bertz CT molecular complexity index is 970. The highest BCUT2D eigenvalue weighted by Crippen LogP contribution is 2.38. The smallest absolute Gasteiger partial charge is 0.258 e. The Labute approximate surface area is 157 Å². The summed E-state index contributed by atoms with van der Waals surface area (Å²) in [5.74, 6) is 0.192. The molecule has 1 saturated carbocycles. The maximum absolute atomic E-state index is 13.8. The van der Waals surface area contributed by atoms with Crippen LogP contribution in [-0.2, 0) is 6.54 Å². The van der Waals surface area contributed by atoms with Gasteiger partial charge in [-0.25, -0.2) is 4.39 Å². The Morgan fingerprint density at radius 2 is 2.15 bits per heavy atom. The van der Waals surface area contributed by atoms with E-state index in [1.807, 2.05) is 0 Å². The molecular formula is C18H15BrFN5O. The highest BCUT2D eigenvalue weighted by atomic mass is 79.9. The number of carbonyl (C=O) groups is 1. The summed E-state index contributed by atoms with van der Waals surface area (Å²) in [4.78, 5) is 12.5. The van der Waals surface area contributed by atoms with Crippen molar-refractivity contribution in [3.8, 4) is 0 Å². The van der Waals surface area contributed by atoms with Gasteiger partial charge in [-0.15, -0.1) is 0 Å². The minimum atomic E-state index is -0.307. The first-order valence-corrected chi connectivity index (χ1v) is 9.00. The van der Waals surface area contributed by atoms with Crippen molar-refractivity contribution in [2.24, 2.45) is 0 Å². The zero-order valence-corrected chi connectivity index (χ0v) is 15.3. The molecule has 1 N–H and O–H groups in total. The number of hydrogen-bond acceptors (Lipinski definition) is 4. The van der Waals surface area contributed by atoms with Crippen molar-refractivity contribution in [1.29, 1.82) is 0 Å². The molecule has 1 amide bonds. The molecule has 8 heteroatoms. The number of benzene rings is 1. The first-order chi connectivity index (χ1) is 12.6. The molecule has 6 nitrogen and oxygen atoms in total. The van der Waals surface area contributed by atoms with E-state index in [9.17, 15) is 9.18 Å². The summed E-state index contributed by atoms with van der Waals surface area (Å²) in [5.41, 5.74) is 1.81. The monoisotopic (exact) mass is 415 g/mol. The van der Waals surface area contributed by atoms with Crippen molar-refractivity contribution >= 4 is 27.7 Å². The molecule has 0 aliphatic heterocycles. The van der Waals surface area contributed by atoms with Crippen molar-refractivity contribution < 1.29 is 9.18 Å². The van der Waals surface area contributed by atoms with E-state index in [1.165, 1.54) is 12.3 Å². The second kappa shape index (κ2) is 6.95. The maximum Gasteiger partial charge on any atom is 0.258 e. The topological polar surface area (TPSA) is 72.7 Å². The van der Waals surface area contributed by atoms with Gasteiger partial charge in [-0.2, -0.15) is 15.3 Å². The minimum absolute atomic E-state index is 0.268. The first kappa shape index (κ1) is 16.8. The molecule has 3 aromatic rings. The van der Waals surface area contributed by atoms with Crippen molar-refractivity contribution in [1.82, 2.24) is 20.0 Å². The van der Waals surface area contributed by atoms with Gasteiger partial charge in [0.05, 0.1) is 28.5 Å². The minimum Gasteiger partial charge on any atom is -0.304 e. The van der Waals surface area contributed by atoms with E-state index in [2.05, 4.69) is 36.5 Å². The number of nitrogens with one attached hydrogen (secondary N) is 1. The van der Waals surface area contributed by atoms with Crippen LogP contribution in [0.3, 0.4) is 0 Å². The van der Waals surface area contributed by atoms with Crippen LogP contribution in [0.25, 0.3) is 0 Å². The number of halogens is 2. The Morgan fingerprint density at radius 1 is 1.35 bits per heavy atom. The Balaban J connectivity index is 1.50. The van der Waals surface area contributed by atoms with Gasteiger partial charge in [0, 0.05) is 17.7 Å². The lowest BCUT2D eigenvalue weighted by Crippen LogP contribution is -2.14. The van der Waals surface area contributed by atoms with Gasteiger partial charge in [0.1, 0.15) is 5.82 Å². The average molecular weight is 416 g/mol. The third-order valence-corrected chi connectivity index (χ3v) is 4.75. The predicted molar refractivity (Wildman–Crippen MR) is 97.4 cm³/mol. The van der Waals surface area contributed by atoms with Crippen LogP contribution in [0, 0.1) is 5.82 Å². The molecule has 1 aromatic carbocycles.